The van der Waals surface area contributed by atoms with Gasteiger partial charge in [0.2, 0.25) is 0 Å². The van der Waals surface area contributed by atoms with Crippen molar-refractivity contribution in [3.05, 3.63) is 45.4 Å². The van der Waals surface area contributed by atoms with Crippen molar-refractivity contribution in [1.29, 1.82) is 0 Å². The molecule has 0 aliphatic heterocycles. The van der Waals surface area contributed by atoms with Crippen LogP contribution in [0.25, 0.3) is 0 Å². The van der Waals surface area contributed by atoms with E-state index in [1.165, 1.54) is 21.8 Å². The Hall–Kier alpha value is -1.13. The summed E-state index contributed by atoms with van der Waals surface area (Å²) in [4.78, 5) is 17.9. The molecule has 1 aromatic heterocycles. The van der Waals surface area contributed by atoms with Gasteiger partial charge in [0.25, 0.3) is 0 Å². The topological polar surface area (TPSA) is 30.0 Å². The summed E-state index contributed by atoms with van der Waals surface area (Å²) in [6.45, 7) is 5.60. The first kappa shape index (κ1) is 13.3. The predicted molar refractivity (Wildman–Crippen MR) is 77.6 cm³/mol. The summed E-state index contributed by atoms with van der Waals surface area (Å²) in [6.07, 6.45) is 0. The van der Waals surface area contributed by atoms with Gasteiger partial charge in [0.15, 0.2) is 5.78 Å². The molecule has 0 aliphatic carbocycles. The molecule has 0 radical (unpaired) electrons. The number of nitrogens with zero attached hydrogens (tertiary/aromatic N) is 1. The van der Waals surface area contributed by atoms with Crippen LogP contribution in [0.2, 0.25) is 0 Å². The number of hydrogen-bond donors (Lipinski definition) is 0. The van der Waals surface area contributed by atoms with Gasteiger partial charge in [-0.1, -0.05) is 18.2 Å². The number of rotatable bonds is 4. The molecule has 2 nitrogen and oxygen atoms in total. The van der Waals surface area contributed by atoms with Crippen molar-refractivity contribution in [2.75, 3.05) is 0 Å². The van der Waals surface area contributed by atoms with Gasteiger partial charge in [-0.2, -0.15) is 0 Å². The summed E-state index contributed by atoms with van der Waals surface area (Å²) in [5.41, 5.74) is 2.13. The Bertz CT molecular complexity index is 575. The van der Waals surface area contributed by atoms with Gasteiger partial charge in [-0.25, -0.2) is 4.98 Å². The number of aromatic nitrogens is 1. The molecule has 0 fully saturated rings. The lowest BCUT2D eigenvalue weighted by molar-refractivity contribution is 0.102. The monoisotopic (exact) mass is 277 g/mol. The maximum atomic E-state index is 11.4. The minimum Gasteiger partial charge on any atom is -0.294 e. The molecule has 4 heteroatoms. The van der Waals surface area contributed by atoms with Crippen molar-refractivity contribution in [2.24, 2.45) is 0 Å². The van der Waals surface area contributed by atoms with E-state index in [0.717, 1.165) is 21.3 Å². The quantitative estimate of drug-likeness (QED) is 0.618. The second kappa shape index (κ2) is 5.67. The van der Waals surface area contributed by atoms with Gasteiger partial charge in [0, 0.05) is 11.8 Å². The SMILES string of the molecule is CC(=O)c1sc(CSc2ccccc2C)nc1C. The van der Waals surface area contributed by atoms with E-state index in [0.29, 0.717) is 0 Å². The lowest BCUT2D eigenvalue weighted by Gasteiger charge is -2.02. The number of thioether (sulfide) groups is 1. The van der Waals surface area contributed by atoms with Gasteiger partial charge in [0.05, 0.1) is 16.3 Å². The average Bonchev–Trinajstić information content (AvgIpc) is 2.70. The lowest BCUT2D eigenvalue weighted by atomic mass is 10.2. The van der Waals surface area contributed by atoms with Gasteiger partial charge in [-0.3, -0.25) is 4.79 Å². The largest absolute Gasteiger partial charge is 0.294 e. The number of aryl methyl sites for hydroxylation is 2. The third-order valence-electron chi connectivity index (χ3n) is 2.61. The number of ketones is 1. The molecule has 0 unspecified atom stereocenters. The van der Waals surface area contributed by atoms with Crippen LogP contribution in [-0.2, 0) is 5.75 Å². The zero-order chi connectivity index (χ0) is 13.1. The van der Waals surface area contributed by atoms with Crippen LogP contribution >= 0.6 is 23.1 Å². The third kappa shape index (κ3) is 3.00. The van der Waals surface area contributed by atoms with Crippen molar-refractivity contribution in [3.63, 3.8) is 0 Å². The molecular weight excluding hydrogens is 262 g/mol. The van der Waals surface area contributed by atoms with Gasteiger partial charge in [0.1, 0.15) is 5.01 Å². The number of carbonyl (C=O) groups is 1. The molecule has 0 N–H and O–H groups in total. The number of Topliss-reactive ketones (excluding diaryl/α,β-unsaturated/α-hetero) is 1. The summed E-state index contributed by atoms with van der Waals surface area (Å²) < 4.78 is 0. The minimum atomic E-state index is 0.108. The Kier molecular flexibility index (Phi) is 4.19. The predicted octanol–water partition coefficient (Wildman–Crippen LogP) is 4.25. The minimum absolute atomic E-state index is 0.108. The van der Waals surface area contributed by atoms with Crippen LogP contribution in [-0.4, -0.2) is 10.8 Å². The van der Waals surface area contributed by atoms with Crippen LogP contribution in [0.1, 0.15) is 32.9 Å². The molecular formula is C14H15NOS2. The molecule has 18 heavy (non-hydrogen) atoms. The molecule has 0 spiro atoms. The van der Waals surface area contributed by atoms with Gasteiger partial charge >= 0.3 is 0 Å². The van der Waals surface area contributed by atoms with E-state index in [2.05, 4.69) is 24.0 Å². The Labute approximate surface area is 115 Å². The summed E-state index contributed by atoms with van der Waals surface area (Å²) in [5.74, 6) is 0.932. The first-order chi connectivity index (χ1) is 8.58. The second-order valence-electron chi connectivity index (χ2n) is 4.13. The summed E-state index contributed by atoms with van der Waals surface area (Å²) >= 11 is 3.28. The summed E-state index contributed by atoms with van der Waals surface area (Å²) in [6, 6.07) is 8.31. The molecule has 1 heterocycles. The molecule has 2 aromatic rings. The highest BCUT2D eigenvalue weighted by atomic mass is 32.2. The van der Waals surface area contributed by atoms with Crippen LogP contribution in [0.3, 0.4) is 0 Å². The van der Waals surface area contributed by atoms with Crippen LogP contribution in [0.5, 0.6) is 0 Å². The molecule has 2 rings (SSSR count). The molecule has 94 valence electrons. The van der Waals surface area contributed by atoms with E-state index in [9.17, 15) is 4.79 Å². The van der Waals surface area contributed by atoms with E-state index in [-0.39, 0.29) is 5.78 Å². The van der Waals surface area contributed by atoms with Crippen LogP contribution in [0.4, 0.5) is 0 Å². The Morgan fingerprint density at radius 2 is 2.06 bits per heavy atom. The van der Waals surface area contributed by atoms with Crippen molar-refractivity contribution >= 4 is 28.9 Å². The van der Waals surface area contributed by atoms with Gasteiger partial charge < -0.3 is 0 Å². The first-order valence-corrected chi connectivity index (χ1v) is 7.54. The van der Waals surface area contributed by atoms with Crippen molar-refractivity contribution in [2.45, 2.75) is 31.4 Å². The normalized spacial score (nSPS) is 10.6. The highest BCUT2D eigenvalue weighted by molar-refractivity contribution is 7.98. The zero-order valence-electron chi connectivity index (χ0n) is 10.7. The van der Waals surface area contributed by atoms with E-state index in [1.807, 2.05) is 19.1 Å². The van der Waals surface area contributed by atoms with Crippen molar-refractivity contribution in [3.8, 4) is 0 Å². The Morgan fingerprint density at radius 3 is 2.67 bits per heavy atom. The maximum absolute atomic E-state index is 11.4. The first-order valence-electron chi connectivity index (χ1n) is 5.73. The Morgan fingerprint density at radius 1 is 1.33 bits per heavy atom. The fraction of sp³-hybridized carbons (Fsp3) is 0.286. The number of hydrogen-bond acceptors (Lipinski definition) is 4. The van der Waals surface area contributed by atoms with Gasteiger partial charge in [-0.15, -0.1) is 23.1 Å². The van der Waals surface area contributed by atoms with Crippen LogP contribution < -0.4 is 0 Å². The van der Waals surface area contributed by atoms with E-state index >= 15 is 0 Å². The lowest BCUT2D eigenvalue weighted by Crippen LogP contribution is -1.89. The zero-order valence-corrected chi connectivity index (χ0v) is 12.3. The molecule has 0 bridgehead atoms. The van der Waals surface area contributed by atoms with Crippen molar-refractivity contribution < 1.29 is 4.79 Å². The molecule has 0 saturated heterocycles. The average molecular weight is 277 g/mol. The van der Waals surface area contributed by atoms with E-state index in [4.69, 9.17) is 0 Å². The van der Waals surface area contributed by atoms with Gasteiger partial charge in [-0.05, 0) is 25.5 Å². The smallest absolute Gasteiger partial charge is 0.171 e. The number of thiazole rings is 1. The Balaban J connectivity index is 2.09. The second-order valence-corrected chi connectivity index (χ2v) is 6.23. The fourth-order valence-corrected chi connectivity index (χ4v) is 3.68. The summed E-state index contributed by atoms with van der Waals surface area (Å²) in [7, 11) is 0. The number of carbonyl (C=O) groups excluding carboxylic acids is 1. The highest BCUT2D eigenvalue weighted by Gasteiger charge is 2.11. The van der Waals surface area contributed by atoms with E-state index < -0.39 is 0 Å². The molecule has 0 aliphatic rings. The fourth-order valence-electron chi connectivity index (χ4n) is 1.70. The van der Waals surface area contributed by atoms with Crippen LogP contribution in [0, 0.1) is 13.8 Å². The maximum Gasteiger partial charge on any atom is 0.171 e. The molecule has 1 aromatic carbocycles. The van der Waals surface area contributed by atoms with Crippen LogP contribution in [0.15, 0.2) is 29.2 Å². The number of benzene rings is 1. The molecule has 0 saturated carbocycles. The molecule has 0 atom stereocenters. The summed E-state index contributed by atoms with van der Waals surface area (Å²) in [5, 5.41) is 1.02. The van der Waals surface area contributed by atoms with Crippen molar-refractivity contribution in [1.82, 2.24) is 4.98 Å². The standard InChI is InChI=1S/C14H15NOS2/c1-9-6-4-5-7-12(9)17-8-13-15-10(2)14(18-13)11(3)16/h4-7H,8H2,1-3H3. The molecule has 0 amide bonds. The third-order valence-corrected chi connectivity index (χ3v) is 5.23. The highest BCUT2D eigenvalue weighted by Crippen LogP contribution is 2.28. The van der Waals surface area contributed by atoms with E-state index in [1.54, 1.807) is 18.7 Å².